The molecule has 1 aromatic rings. The van der Waals surface area contributed by atoms with Gasteiger partial charge in [-0.15, -0.1) is 0 Å². The second kappa shape index (κ2) is 7.82. The Morgan fingerprint density at radius 1 is 1.26 bits per heavy atom. The van der Waals surface area contributed by atoms with Gasteiger partial charge in [-0.2, -0.15) is 0 Å². The number of hydrogen-bond donors (Lipinski definition) is 1. The second-order valence-corrected chi connectivity index (χ2v) is 7.16. The number of ether oxygens (including phenoxy) is 1. The first-order chi connectivity index (χ1) is 10.9. The van der Waals surface area contributed by atoms with Crippen molar-refractivity contribution < 1.29 is 9.53 Å². The molecule has 1 amide bonds. The summed E-state index contributed by atoms with van der Waals surface area (Å²) in [5, 5.41) is 3.12. The van der Waals surface area contributed by atoms with Crippen molar-refractivity contribution >= 4 is 5.91 Å². The standard InChI is InChI=1S/C19H30N2O2/c1-15(16-7-9-17(23-4)10-8-16)13-18(22)20-14-19(2,3)21-11-5-6-12-21/h7-10,15H,5-6,11-14H2,1-4H3,(H,20,22). The molecule has 1 N–H and O–H groups in total. The van der Waals surface area contributed by atoms with Crippen LogP contribution >= 0.6 is 0 Å². The molecular formula is C19H30N2O2. The van der Waals surface area contributed by atoms with Crippen molar-refractivity contribution in [3.63, 3.8) is 0 Å². The van der Waals surface area contributed by atoms with Crippen LogP contribution in [0.1, 0.15) is 51.5 Å². The van der Waals surface area contributed by atoms with Crippen molar-refractivity contribution in [2.45, 2.75) is 51.5 Å². The van der Waals surface area contributed by atoms with Crippen LogP contribution in [0.2, 0.25) is 0 Å². The highest BCUT2D eigenvalue weighted by Gasteiger charge is 2.29. The first kappa shape index (κ1) is 17.8. The van der Waals surface area contributed by atoms with Crippen molar-refractivity contribution in [2.24, 2.45) is 0 Å². The number of likely N-dealkylation sites (tertiary alicyclic amines) is 1. The largest absolute Gasteiger partial charge is 0.497 e. The van der Waals surface area contributed by atoms with Crippen LogP contribution in [0.25, 0.3) is 0 Å². The van der Waals surface area contributed by atoms with Gasteiger partial charge in [-0.1, -0.05) is 19.1 Å². The molecule has 1 heterocycles. The zero-order valence-corrected chi connectivity index (χ0v) is 14.9. The van der Waals surface area contributed by atoms with Crippen LogP contribution in [0.3, 0.4) is 0 Å². The van der Waals surface area contributed by atoms with Gasteiger partial charge in [-0.3, -0.25) is 9.69 Å². The van der Waals surface area contributed by atoms with Gasteiger partial charge in [-0.05, 0) is 63.4 Å². The molecule has 0 spiro atoms. The molecule has 2 rings (SSSR count). The monoisotopic (exact) mass is 318 g/mol. The Balaban J connectivity index is 1.81. The lowest BCUT2D eigenvalue weighted by Crippen LogP contribution is -2.50. The molecular weight excluding hydrogens is 288 g/mol. The van der Waals surface area contributed by atoms with Gasteiger partial charge in [0.2, 0.25) is 5.91 Å². The minimum atomic E-state index is 0.0372. The minimum absolute atomic E-state index is 0.0372. The third kappa shape index (κ3) is 4.96. The normalized spacial score (nSPS) is 17.0. The van der Waals surface area contributed by atoms with Gasteiger partial charge in [0.05, 0.1) is 7.11 Å². The average Bonchev–Trinajstić information content (AvgIpc) is 3.08. The van der Waals surface area contributed by atoms with Crippen LogP contribution in [-0.2, 0) is 4.79 Å². The molecule has 1 unspecified atom stereocenters. The summed E-state index contributed by atoms with van der Waals surface area (Å²) in [6, 6.07) is 7.95. The summed E-state index contributed by atoms with van der Waals surface area (Å²) in [4.78, 5) is 14.7. The Hall–Kier alpha value is -1.55. The first-order valence-electron chi connectivity index (χ1n) is 8.58. The predicted molar refractivity (Wildman–Crippen MR) is 93.9 cm³/mol. The fraction of sp³-hybridized carbons (Fsp3) is 0.632. The van der Waals surface area contributed by atoms with Crippen molar-refractivity contribution in [3.05, 3.63) is 29.8 Å². The molecule has 1 aliphatic heterocycles. The smallest absolute Gasteiger partial charge is 0.220 e. The van der Waals surface area contributed by atoms with Gasteiger partial charge in [0.15, 0.2) is 0 Å². The maximum absolute atomic E-state index is 12.3. The van der Waals surface area contributed by atoms with Crippen molar-refractivity contribution in [2.75, 3.05) is 26.7 Å². The van der Waals surface area contributed by atoms with E-state index < -0.39 is 0 Å². The van der Waals surface area contributed by atoms with E-state index in [2.05, 4.69) is 31.0 Å². The summed E-state index contributed by atoms with van der Waals surface area (Å²) >= 11 is 0. The van der Waals surface area contributed by atoms with E-state index in [9.17, 15) is 4.79 Å². The number of nitrogens with one attached hydrogen (secondary N) is 1. The summed E-state index contributed by atoms with van der Waals surface area (Å²) in [5.74, 6) is 1.18. The molecule has 4 heteroatoms. The van der Waals surface area contributed by atoms with Crippen LogP contribution in [-0.4, -0.2) is 43.1 Å². The highest BCUT2D eigenvalue weighted by atomic mass is 16.5. The maximum atomic E-state index is 12.3. The number of methoxy groups -OCH3 is 1. The Morgan fingerprint density at radius 3 is 2.43 bits per heavy atom. The molecule has 1 atom stereocenters. The minimum Gasteiger partial charge on any atom is -0.497 e. The lowest BCUT2D eigenvalue weighted by atomic mass is 9.97. The molecule has 0 radical (unpaired) electrons. The van der Waals surface area contributed by atoms with Crippen LogP contribution in [0.5, 0.6) is 5.75 Å². The SMILES string of the molecule is COc1ccc(C(C)CC(=O)NCC(C)(C)N2CCCC2)cc1. The van der Waals surface area contributed by atoms with Gasteiger partial charge in [0, 0.05) is 18.5 Å². The number of rotatable bonds is 7. The second-order valence-electron chi connectivity index (χ2n) is 7.16. The van der Waals surface area contributed by atoms with E-state index in [0.717, 1.165) is 18.8 Å². The topological polar surface area (TPSA) is 41.6 Å². The molecule has 4 nitrogen and oxygen atoms in total. The molecule has 1 fully saturated rings. The van der Waals surface area contributed by atoms with E-state index in [1.54, 1.807) is 7.11 Å². The number of carbonyl (C=O) groups is 1. The van der Waals surface area contributed by atoms with Gasteiger partial charge >= 0.3 is 0 Å². The third-order valence-corrected chi connectivity index (χ3v) is 4.86. The number of carbonyl (C=O) groups excluding carboxylic acids is 1. The lowest BCUT2D eigenvalue weighted by Gasteiger charge is -2.35. The van der Waals surface area contributed by atoms with Crippen LogP contribution in [0.15, 0.2) is 24.3 Å². The molecule has 1 aliphatic rings. The van der Waals surface area contributed by atoms with Gasteiger partial charge in [0.1, 0.15) is 5.75 Å². The van der Waals surface area contributed by atoms with Crippen molar-refractivity contribution in [1.29, 1.82) is 0 Å². The molecule has 0 aliphatic carbocycles. The highest BCUT2D eigenvalue weighted by Crippen LogP contribution is 2.23. The molecule has 1 aromatic carbocycles. The molecule has 128 valence electrons. The predicted octanol–water partition coefficient (Wildman–Crippen LogP) is 3.18. The highest BCUT2D eigenvalue weighted by molar-refractivity contribution is 5.76. The van der Waals surface area contributed by atoms with E-state index in [1.807, 2.05) is 24.3 Å². The molecule has 0 bridgehead atoms. The Kier molecular flexibility index (Phi) is 6.05. The molecule has 0 aromatic heterocycles. The number of benzene rings is 1. The van der Waals surface area contributed by atoms with E-state index in [0.29, 0.717) is 13.0 Å². The summed E-state index contributed by atoms with van der Waals surface area (Å²) < 4.78 is 5.17. The van der Waals surface area contributed by atoms with Crippen LogP contribution in [0.4, 0.5) is 0 Å². The summed E-state index contributed by atoms with van der Waals surface area (Å²) in [6.07, 6.45) is 3.06. The Morgan fingerprint density at radius 2 is 1.87 bits per heavy atom. The maximum Gasteiger partial charge on any atom is 0.220 e. The van der Waals surface area contributed by atoms with E-state index >= 15 is 0 Å². The Labute approximate surface area is 140 Å². The first-order valence-corrected chi connectivity index (χ1v) is 8.58. The van der Waals surface area contributed by atoms with Crippen molar-refractivity contribution in [3.8, 4) is 5.75 Å². The zero-order chi connectivity index (χ0) is 16.9. The Bertz CT molecular complexity index is 505. The van der Waals surface area contributed by atoms with Crippen molar-refractivity contribution in [1.82, 2.24) is 10.2 Å². The van der Waals surface area contributed by atoms with E-state index in [-0.39, 0.29) is 17.4 Å². The van der Waals surface area contributed by atoms with Gasteiger partial charge in [0.25, 0.3) is 0 Å². The summed E-state index contributed by atoms with van der Waals surface area (Å²) in [6.45, 7) is 9.52. The zero-order valence-electron chi connectivity index (χ0n) is 14.9. The molecule has 0 saturated carbocycles. The number of hydrogen-bond acceptors (Lipinski definition) is 3. The number of amides is 1. The average molecular weight is 318 g/mol. The third-order valence-electron chi connectivity index (χ3n) is 4.86. The van der Waals surface area contributed by atoms with Gasteiger partial charge in [-0.25, -0.2) is 0 Å². The number of nitrogens with zero attached hydrogens (tertiary/aromatic N) is 1. The van der Waals surface area contributed by atoms with Crippen LogP contribution < -0.4 is 10.1 Å². The molecule has 1 saturated heterocycles. The quantitative estimate of drug-likeness (QED) is 0.839. The van der Waals surface area contributed by atoms with Crippen LogP contribution in [0, 0.1) is 0 Å². The summed E-state index contributed by atoms with van der Waals surface area (Å²) in [5.41, 5.74) is 1.20. The lowest BCUT2D eigenvalue weighted by molar-refractivity contribution is -0.122. The van der Waals surface area contributed by atoms with E-state index in [1.165, 1.54) is 18.4 Å². The van der Waals surface area contributed by atoms with E-state index in [4.69, 9.17) is 4.74 Å². The summed E-state index contributed by atoms with van der Waals surface area (Å²) in [7, 11) is 1.66. The molecule has 23 heavy (non-hydrogen) atoms. The van der Waals surface area contributed by atoms with Gasteiger partial charge < -0.3 is 10.1 Å². The fourth-order valence-electron chi connectivity index (χ4n) is 3.15. The fourth-order valence-corrected chi connectivity index (χ4v) is 3.15.